The van der Waals surface area contributed by atoms with Gasteiger partial charge in [-0.1, -0.05) is 18.2 Å². The number of amides is 1. The van der Waals surface area contributed by atoms with Crippen LogP contribution in [0.2, 0.25) is 0 Å². The van der Waals surface area contributed by atoms with Crippen LogP contribution in [0, 0.1) is 11.3 Å². The summed E-state index contributed by atoms with van der Waals surface area (Å²) in [5.41, 5.74) is 0.992. The fraction of sp³-hybridized carbons (Fsp3) is 0.316. The van der Waals surface area contributed by atoms with Gasteiger partial charge in [0.05, 0.1) is 12.7 Å². The van der Waals surface area contributed by atoms with Crippen LogP contribution in [-0.2, 0) is 0 Å². The van der Waals surface area contributed by atoms with Crippen LogP contribution >= 0.6 is 0 Å². The fourth-order valence-electron chi connectivity index (χ4n) is 3.00. The van der Waals surface area contributed by atoms with Crippen molar-refractivity contribution in [1.29, 1.82) is 5.26 Å². The van der Waals surface area contributed by atoms with Crippen molar-refractivity contribution in [2.45, 2.75) is 6.42 Å². The summed E-state index contributed by atoms with van der Waals surface area (Å²) >= 11 is 0. The van der Waals surface area contributed by atoms with Crippen LogP contribution in [0.25, 0.3) is 0 Å². The molecule has 1 aliphatic heterocycles. The first kappa shape index (κ1) is 16.8. The summed E-state index contributed by atoms with van der Waals surface area (Å²) in [5, 5.41) is 9.01. The van der Waals surface area contributed by atoms with Gasteiger partial charge in [-0.25, -0.2) is 4.98 Å². The number of methoxy groups -OCH3 is 1. The fourth-order valence-corrected chi connectivity index (χ4v) is 3.00. The van der Waals surface area contributed by atoms with Crippen LogP contribution in [0.15, 0.2) is 42.5 Å². The van der Waals surface area contributed by atoms with E-state index in [1.165, 1.54) is 0 Å². The summed E-state index contributed by atoms with van der Waals surface area (Å²) < 4.78 is 5.31. The smallest absolute Gasteiger partial charge is 0.257 e. The maximum atomic E-state index is 12.8. The van der Waals surface area contributed by atoms with Gasteiger partial charge in [-0.2, -0.15) is 5.26 Å². The van der Waals surface area contributed by atoms with Crippen LogP contribution in [-0.4, -0.2) is 49.1 Å². The van der Waals surface area contributed by atoms with E-state index >= 15 is 0 Å². The number of nitrogens with zero attached hydrogens (tertiary/aromatic N) is 4. The third-order valence-electron chi connectivity index (χ3n) is 4.29. The zero-order chi connectivity index (χ0) is 17.6. The average Bonchev–Trinajstić information content (AvgIpc) is 2.93. The van der Waals surface area contributed by atoms with Crippen LogP contribution in [0.1, 0.15) is 22.5 Å². The highest BCUT2D eigenvalue weighted by Crippen LogP contribution is 2.21. The van der Waals surface area contributed by atoms with Crippen molar-refractivity contribution in [2.24, 2.45) is 0 Å². The molecule has 0 unspecified atom stereocenters. The molecule has 1 aromatic carbocycles. The van der Waals surface area contributed by atoms with Crippen molar-refractivity contribution >= 4 is 11.7 Å². The Morgan fingerprint density at radius 2 is 1.96 bits per heavy atom. The van der Waals surface area contributed by atoms with Crippen molar-refractivity contribution in [1.82, 2.24) is 9.88 Å². The number of aromatic nitrogens is 1. The van der Waals surface area contributed by atoms with Crippen molar-refractivity contribution in [3.63, 3.8) is 0 Å². The van der Waals surface area contributed by atoms with Crippen LogP contribution in [0.3, 0.4) is 0 Å². The van der Waals surface area contributed by atoms with Gasteiger partial charge in [0.2, 0.25) is 0 Å². The summed E-state index contributed by atoms with van der Waals surface area (Å²) in [6.07, 6.45) is 0.847. The Labute approximate surface area is 147 Å². The Balaban J connectivity index is 1.73. The highest BCUT2D eigenvalue weighted by molar-refractivity contribution is 5.97. The minimum absolute atomic E-state index is 0.0157. The monoisotopic (exact) mass is 336 g/mol. The lowest BCUT2D eigenvalue weighted by molar-refractivity contribution is 0.0763. The molecule has 2 aromatic rings. The van der Waals surface area contributed by atoms with E-state index in [0.29, 0.717) is 36.6 Å². The lowest BCUT2D eigenvalue weighted by atomic mass is 10.1. The van der Waals surface area contributed by atoms with E-state index in [0.717, 1.165) is 18.8 Å². The molecule has 3 rings (SSSR count). The number of ether oxygens (including phenoxy) is 1. The third-order valence-corrected chi connectivity index (χ3v) is 4.29. The number of nitriles is 1. The number of carbonyl (C=O) groups excluding carboxylic acids is 1. The summed E-state index contributed by atoms with van der Waals surface area (Å²) in [5.74, 6) is 1.36. The molecule has 6 nitrogen and oxygen atoms in total. The van der Waals surface area contributed by atoms with E-state index in [4.69, 9.17) is 10.00 Å². The average molecular weight is 336 g/mol. The number of carbonyl (C=O) groups is 1. The summed E-state index contributed by atoms with van der Waals surface area (Å²) in [7, 11) is 1.57. The van der Waals surface area contributed by atoms with Crippen LogP contribution in [0.5, 0.6) is 5.75 Å². The van der Waals surface area contributed by atoms with Gasteiger partial charge in [-0.3, -0.25) is 4.79 Å². The molecular formula is C19H20N4O2. The molecule has 6 heteroatoms. The Bertz CT molecular complexity index is 800. The molecule has 1 amide bonds. The van der Waals surface area contributed by atoms with Gasteiger partial charge in [0, 0.05) is 26.2 Å². The third kappa shape index (κ3) is 3.72. The van der Waals surface area contributed by atoms with Crippen molar-refractivity contribution < 1.29 is 9.53 Å². The van der Waals surface area contributed by atoms with Crippen molar-refractivity contribution in [3.8, 4) is 11.8 Å². The Morgan fingerprint density at radius 3 is 2.76 bits per heavy atom. The van der Waals surface area contributed by atoms with Gasteiger partial charge >= 0.3 is 0 Å². The molecule has 128 valence electrons. The molecule has 0 spiro atoms. The Hall–Kier alpha value is -3.07. The first-order chi connectivity index (χ1) is 12.2. The van der Waals surface area contributed by atoms with E-state index < -0.39 is 0 Å². The number of hydrogen-bond acceptors (Lipinski definition) is 5. The van der Waals surface area contributed by atoms with E-state index in [1.807, 2.05) is 29.2 Å². The van der Waals surface area contributed by atoms with Gasteiger partial charge in [0.15, 0.2) is 0 Å². The van der Waals surface area contributed by atoms with Gasteiger partial charge in [0.25, 0.3) is 5.91 Å². The van der Waals surface area contributed by atoms with Crippen molar-refractivity contribution in [3.05, 3.63) is 53.7 Å². The second-order valence-corrected chi connectivity index (χ2v) is 5.83. The molecule has 0 N–H and O–H groups in total. The first-order valence-electron chi connectivity index (χ1n) is 8.27. The molecule has 0 atom stereocenters. The van der Waals surface area contributed by atoms with Gasteiger partial charge in [0.1, 0.15) is 23.3 Å². The van der Waals surface area contributed by atoms with E-state index in [2.05, 4.69) is 16.0 Å². The van der Waals surface area contributed by atoms with Crippen molar-refractivity contribution in [2.75, 3.05) is 38.2 Å². The zero-order valence-electron chi connectivity index (χ0n) is 14.2. The number of benzene rings is 1. The van der Waals surface area contributed by atoms with Gasteiger partial charge in [-0.05, 0) is 30.7 Å². The molecule has 0 saturated carbocycles. The highest BCUT2D eigenvalue weighted by atomic mass is 16.5. The molecule has 0 bridgehead atoms. The number of pyridine rings is 1. The lowest BCUT2D eigenvalue weighted by Gasteiger charge is -2.23. The van der Waals surface area contributed by atoms with Crippen LogP contribution in [0.4, 0.5) is 5.82 Å². The van der Waals surface area contributed by atoms with Gasteiger partial charge in [-0.15, -0.1) is 0 Å². The quantitative estimate of drug-likeness (QED) is 0.860. The zero-order valence-corrected chi connectivity index (χ0v) is 14.2. The second-order valence-electron chi connectivity index (χ2n) is 5.83. The largest absolute Gasteiger partial charge is 0.496 e. The highest BCUT2D eigenvalue weighted by Gasteiger charge is 2.23. The minimum atomic E-state index is -0.0157. The molecule has 1 fully saturated rings. The van der Waals surface area contributed by atoms with Gasteiger partial charge < -0.3 is 14.5 Å². The topological polar surface area (TPSA) is 69.5 Å². The Kier molecular flexibility index (Phi) is 5.14. The standard InChI is InChI=1S/C19H20N4O2/c1-25-17-8-3-2-7-16(17)19(24)23-11-5-10-22(12-13-23)18-9-4-6-15(14-20)21-18/h2-4,6-9H,5,10-13H2,1H3. The second kappa shape index (κ2) is 7.67. The number of para-hydroxylation sites is 1. The van der Waals surface area contributed by atoms with E-state index in [1.54, 1.807) is 25.3 Å². The molecule has 0 radical (unpaired) electrons. The molecule has 25 heavy (non-hydrogen) atoms. The van der Waals surface area contributed by atoms with Crippen LogP contribution < -0.4 is 9.64 Å². The lowest BCUT2D eigenvalue weighted by Crippen LogP contribution is -2.35. The van der Waals surface area contributed by atoms with E-state index in [9.17, 15) is 4.79 Å². The maximum absolute atomic E-state index is 12.8. The Morgan fingerprint density at radius 1 is 1.12 bits per heavy atom. The SMILES string of the molecule is COc1ccccc1C(=O)N1CCCN(c2cccc(C#N)n2)CC1. The van der Waals surface area contributed by atoms with E-state index in [-0.39, 0.29) is 5.91 Å². The number of rotatable bonds is 3. The summed E-state index contributed by atoms with van der Waals surface area (Å²) in [4.78, 5) is 21.2. The molecule has 1 aliphatic rings. The number of anilines is 1. The molecule has 1 saturated heterocycles. The maximum Gasteiger partial charge on any atom is 0.257 e. The molecule has 0 aliphatic carbocycles. The summed E-state index contributed by atoms with van der Waals surface area (Å²) in [6, 6.07) is 14.8. The normalized spacial score (nSPS) is 14.6. The molecule has 1 aromatic heterocycles. The number of hydrogen-bond donors (Lipinski definition) is 0. The minimum Gasteiger partial charge on any atom is -0.496 e. The predicted molar refractivity (Wildman–Crippen MR) is 94.7 cm³/mol. The summed E-state index contributed by atoms with van der Waals surface area (Å²) in [6.45, 7) is 2.78. The first-order valence-corrected chi connectivity index (χ1v) is 8.27. The molecule has 2 heterocycles. The predicted octanol–water partition coefficient (Wildman–Crippen LogP) is 2.31. The molecular weight excluding hydrogens is 316 g/mol.